The van der Waals surface area contributed by atoms with Crippen LogP contribution in [0.2, 0.25) is 0 Å². The van der Waals surface area contributed by atoms with Gasteiger partial charge in [-0.25, -0.2) is 4.98 Å². The third-order valence-corrected chi connectivity index (χ3v) is 8.46. The quantitative estimate of drug-likeness (QED) is 0.432. The lowest BCUT2D eigenvalue weighted by Gasteiger charge is -2.23. The van der Waals surface area contributed by atoms with Gasteiger partial charge in [0.2, 0.25) is 0 Å². The minimum absolute atomic E-state index is 0.0866. The van der Waals surface area contributed by atoms with Crippen molar-refractivity contribution in [3.05, 3.63) is 63.5 Å². The first-order valence-electron chi connectivity index (χ1n) is 12.8. The Bertz CT molecular complexity index is 1270. The number of thiazole rings is 1. The third kappa shape index (κ3) is 5.23. The van der Waals surface area contributed by atoms with Crippen molar-refractivity contribution in [2.24, 2.45) is 5.92 Å². The molecule has 37 heavy (non-hydrogen) atoms. The molecule has 0 aliphatic carbocycles. The minimum atomic E-state index is -0.177. The second-order valence-electron chi connectivity index (χ2n) is 9.89. The van der Waals surface area contributed by atoms with Gasteiger partial charge in [-0.1, -0.05) is 24.3 Å². The molecule has 2 aromatic carbocycles. The molecule has 3 aromatic rings. The number of esters is 1. The number of hydrogen-bond donors (Lipinski definition) is 1. The van der Waals surface area contributed by atoms with Crippen molar-refractivity contribution < 1.29 is 19.0 Å². The van der Waals surface area contributed by atoms with Gasteiger partial charge in [0, 0.05) is 31.1 Å². The molecular formula is C29H35N3O4S. The van der Waals surface area contributed by atoms with Gasteiger partial charge in [0.15, 0.2) is 5.13 Å². The Morgan fingerprint density at radius 2 is 2.08 bits per heavy atom. The second-order valence-corrected chi connectivity index (χ2v) is 10.7. The number of ether oxygens (including phenoxy) is 3. The zero-order chi connectivity index (χ0) is 25.9. The standard InChI is InChI=1S/C29H35N3O4S/c1-18-6-5-7-25(27(18)36-15-21-9-8-20-13-30-11-10-24(20)19(21)2)26-17-37-29(31-26)32-14-22(28(33)35-4)12-23(32)16-34-3/h5-9,17,22-23,30H,10-16H2,1-4H3. The van der Waals surface area contributed by atoms with E-state index in [1.807, 2.05) is 6.07 Å². The molecule has 2 unspecified atom stereocenters. The molecular weight excluding hydrogens is 486 g/mol. The maximum atomic E-state index is 12.2. The van der Waals surface area contributed by atoms with Gasteiger partial charge in [0.05, 0.1) is 31.4 Å². The number of methoxy groups -OCH3 is 2. The van der Waals surface area contributed by atoms with Gasteiger partial charge in [-0.15, -0.1) is 11.3 Å². The molecule has 0 bridgehead atoms. The van der Waals surface area contributed by atoms with Gasteiger partial charge in [-0.05, 0) is 67.1 Å². The number of fused-ring (bicyclic) bond motifs is 1. The van der Waals surface area contributed by atoms with Crippen LogP contribution in [0.1, 0.15) is 34.2 Å². The van der Waals surface area contributed by atoms with Crippen LogP contribution >= 0.6 is 11.3 Å². The van der Waals surface area contributed by atoms with Crippen LogP contribution in [-0.2, 0) is 33.8 Å². The van der Waals surface area contributed by atoms with Crippen LogP contribution < -0.4 is 15.0 Å². The first-order valence-corrected chi connectivity index (χ1v) is 13.7. The molecule has 3 heterocycles. The monoisotopic (exact) mass is 521 g/mol. The number of nitrogens with one attached hydrogen (secondary N) is 1. The summed E-state index contributed by atoms with van der Waals surface area (Å²) in [6, 6.07) is 10.7. The third-order valence-electron chi connectivity index (χ3n) is 7.58. The molecule has 0 radical (unpaired) electrons. The van der Waals surface area contributed by atoms with E-state index in [1.54, 1.807) is 18.4 Å². The topological polar surface area (TPSA) is 72.9 Å². The molecule has 2 aliphatic heterocycles. The Hall–Kier alpha value is -2.94. The lowest BCUT2D eigenvalue weighted by Crippen LogP contribution is -2.33. The fraction of sp³-hybridized carbons (Fsp3) is 0.448. The number of rotatable bonds is 8. The number of aromatic nitrogens is 1. The Kier molecular flexibility index (Phi) is 7.79. The summed E-state index contributed by atoms with van der Waals surface area (Å²) in [6.45, 7) is 7.89. The maximum Gasteiger partial charge on any atom is 0.310 e. The van der Waals surface area contributed by atoms with Crippen LogP contribution in [0.4, 0.5) is 5.13 Å². The summed E-state index contributed by atoms with van der Waals surface area (Å²) in [4.78, 5) is 19.4. The van der Waals surface area contributed by atoms with Crippen molar-refractivity contribution in [1.29, 1.82) is 0 Å². The normalized spacial score (nSPS) is 19.1. The van der Waals surface area contributed by atoms with Crippen molar-refractivity contribution in [1.82, 2.24) is 10.3 Å². The average Bonchev–Trinajstić information content (AvgIpc) is 3.56. The highest BCUT2D eigenvalue weighted by Gasteiger charge is 2.38. The SMILES string of the molecule is COCC1CC(C(=O)OC)CN1c1nc(-c2cccc(C)c2OCc2ccc3c(c2C)CCNC3)cs1. The lowest BCUT2D eigenvalue weighted by atomic mass is 9.93. The van der Waals surface area contributed by atoms with Gasteiger partial charge < -0.3 is 24.4 Å². The van der Waals surface area contributed by atoms with E-state index in [9.17, 15) is 4.79 Å². The number of nitrogens with zero attached hydrogens (tertiary/aromatic N) is 2. The average molecular weight is 522 g/mol. The molecule has 1 aromatic heterocycles. The summed E-state index contributed by atoms with van der Waals surface area (Å²) in [7, 11) is 3.13. The van der Waals surface area contributed by atoms with Crippen LogP contribution in [0.15, 0.2) is 35.7 Å². The highest BCUT2D eigenvalue weighted by atomic mass is 32.1. The van der Waals surface area contributed by atoms with Gasteiger partial charge in [0.25, 0.3) is 0 Å². The molecule has 1 saturated heterocycles. The molecule has 7 nitrogen and oxygen atoms in total. The van der Waals surface area contributed by atoms with E-state index in [1.165, 1.54) is 29.4 Å². The number of hydrogen-bond acceptors (Lipinski definition) is 8. The number of carbonyl (C=O) groups excluding carboxylic acids is 1. The zero-order valence-electron chi connectivity index (χ0n) is 22.0. The van der Waals surface area contributed by atoms with Crippen LogP contribution in [0.5, 0.6) is 5.75 Å². The van der Waals surface area contributed by atoms with Gasteiger partial charge >= 0.3 is 5.97 Å². The number of anilines is 1. The smallest absolute Gasteiger partial charge is 0.310 e. The van der Waals surface area contributed by atoms with Gasteiger partial charge in [0.1, 0.15) is 12.4 Å². The fourth-order valence-electron chi connectivity index (χ4n) is 5.52. The number of aryl methyl sites for hydroxylation is 1. The van der Waals surface area contributed by atoms with E-state index in [-0.39, 0.29) is 17.9 Å². The molecule has 1 fully saturated rings. The van der Waals surface area contributed by atoms with E-state index in [2.05, 4.69) is 53.7 Å². The van der Waals surface area contributed by atoms with Gasteiger partial charge in [-0.3, -0.25) is 4.79 Å². The first-order chi connectivity index (χ1) is 18.0. The molecule has 196 valence electrons. The van der Waals surface area contributed by atoms with Crippen LogP contribution in [0.3, 0.4) is 0 Å². The van der Waals surface area contributed by atoms with Crippen LogP contribution in [0, 0.1) is 19.8 Å². The predicted molar refractivity (Wildman–Crippen MR) is 146 cm³/mol. The second kappa shape index (κ2) is 11.2. The number of para-hydroxylation sites is 1. The van der Waals surface area contributed by atoms with Crippen molar-refractivity contribution >= 4 is 22.4 Å². The summed E-state index contributed by atoms with van der Waals surface area (Å²) in [5.41, 5.74) is 8.35. The molecule has 5 rings (SSSR count). The Balaban J connectivity index is 1.38. The lowest BCUT2D eigenvalue weighted by molar-refractivity contribution is -0.144. The summed E-state index contributed by atoms with van der Waals surface area (Å²) in [5.74, 6) is 0.509. The van der Waals surface area contributed by atoms with E-state index in [0.29, 0.717) is 26.2 Å². The summed E-state index contributed by atoms with van der Waals surface area (Å²) in [6.07, 6.45) is 1.76. The summed E-state index contributed by atoms with van der Waals surface area (Å²) >= 11 is 1.59. The van der Waals surface area contributed by atoms with Crippen molar-refractivity contribution in [2.45, 2.75) is 45.9 Å². The molecule has 8 heteroatoms. The minimum Gasteiger partial charge on any atom is -0.488 e. The summed E-state index contributed by atoms with van der Waals surface area (Å²) < 4.78 is 16.9. The molecule has 2 atom stereocenters. The van der Waals surface area contributed by atoms with Crippen LogP contribution in [-0.4, -0.2) is 50.9 Å². The molecule has 0 spiro atoms. The van der Waals surface area contributed by atoms with Crippen LogP contribution in [0.25, 0.3) is 11.3 Å². The van der Waals surface area contributed by atoms with Crippen molar-refractivity contribution in [3.63, 3.8) is 0 Å². The van der Waals surface area contributed by atoms with Crippen molar-refractivity contribution in [3.8, 4) is 17.0 Å². The maximum absolute atomic E-state index is 12.2. The summed E-state index contributed by atoms with van der Waals surface area (Å²) in [5, 5.41) is 6.41. The highest BCUT2D eigenvalue weighted by molar-refractivity contribution is 7.14. The Morgan fingerprint density at radius 3 is 2.89 bits per heavy atom. The zero-order valence-corrected chi connectivity index (χ0v) is 22.8. The predicted octanol–water partition coefficient (Wildman–Crippen LogP) is 4.67. The van der Waals surface area contributed by atoms with E-state index < -0.39 is 0 Å². The largest absolute Gasteiger partial charge is 0.488 e. The molecule has 1 N–H and O–H groups in total. The number of carbonyl (C=O) groups is 1. The van der Waals surface area contributed by atoms with Gasteiger partial charge in [-0.2, -0.15) is 0 Å². The first kappa shape index (κ1) is 25.7. The molecule has 0 saturated carbocycles. The molecule has 0 amide bonds. The van der Waals surface area contributed by atoms with E-state index in [0.717, 1.165) is 47.2 Å². The Labute approximate surface area is 222 Å². The van der Waals surface area contributed by atoms with E-state index >= 15 is 0 Å². The van der Waals surface area contributed by atoms with Crippen molar-refractivity contribution in [2.75, 3.05) is 38.8 Å². The fourth-order valence-corrected chi connectivity index (χ4v) is 6.43. The Morgan fingerprint density at radius 1 is 1.22 bits per heavy atom. The molecule has 2 aliphatic rings. The highest BCUT2D eigenvalue weighted by Crippen LogP contribution is 2.39. The van der Waals surface area contributed by atoms with E-state index in [4.69, 9.17) is 19.2 Å². The number of benzene rings is 2.